The van der Waals surface area contributed by atoms with Crippen LogP contribution in [0.2, 0.25) is 0 Å². The van der Waals surface area contributed by atoms with Crippen LogP contribution in [0.5, 0.6) is 5.75 Å². The van der Waals surface area contributed by atoms with E-state index in [1.165, 1.54) is 25.3 Å². The number of carboxylic acid groups (broad SMARTS) is 1. The van der Waals surface area contributed by atoms with Crippen molar-refractivity contribution in [3.63, 3.8) is 0 Å². The van der Waals surface area contributed by atoms with E-state index in [1.54, 1.807) is 18.2 Å². The van der Waals surface area contributed by atoms with Crippen LogP contribution >= 0.6 is 0 Å². The van der Waals surface area contributed by atoms with E-state index in [0.29, 0.717) is 40.0 Å². The Morgan fingerprint density at radius 2 is 1.92 bits per heavy atom. The molecule has 7 nitrogen and oxygen atoms in total. The molecule has 7 heteroatoms. The third-order valence-electron chi connectivity index (χ3n) is 4.01. The fraction of sp³-hybridized carbons (Fsp3) is 0.167. The van der Waals surface area contributed by atoms with Gasteiger partial charge in [-0.05, 0) is 29.8 Å². The van der Waals surface area contributed by atoms with Crippen molar-refractivity contribution in [2.24, 2.45) is 0 Å². The van der Waals surface area contributed by atoms with E-state index < -0.39 is 10.9 Å². The van der Waals surface area contributed by atoms with Crippen LogP contribution in [-0.4, -0.2) is 23.1 Å². The van der Waals surface area contributed by atoms with E-state index in [9.17, 15) is 20.0 Å². The summed E-state index contributed by atoms with van der Waals surface area (Å²) >= 11 is 0. The minimum absolute atomic E-state index is 0.0364. The zero-order chi connectivity index (χ0) is 18.1. The first-order valence-electron chi connectivity index (χ1n) is 7.58. The number of carbonyl (C=O) groups is 1. The van der Waals surface area contributed by atoms with Crippen molar-refractivity contribution in [1.82, 2.24) is 0 Å². The van der Waals surface area contributed by atoms with Gasteiger partial charge in [0.25, 0.3) is 5.69 Å². The lowest BCUT2D eigenvalue weighted by molar-refractivity contribution is -0.384. The van der Waals surface area contributed by atoms with Gasteiger partial charge in [-0.25, -0.2) is 4.79 Å². The van der Waals surface area contributed by atoms with Gasteiger partial charge in [0.2, 0.25) is 0 Å². The molecule has 128 valence electrons. The fourth-order valence-electron chi connectivity index (χ4n) is 2.87. The molecule has 0 spiro atoms. The maximum Gasteiger partial charge on any atom is 0.336 e. The number of aromatic carboxylic acids is 1. The monoisotopic (exact) mass is 341 g/mol. The first-order chi connectivity index (χ1) is 12.0. The summed E-state index contributed by atoms with van der Waals surface area (Å²) in [6.07, 6.45) is 0.531. The normalized spacial score (nSPS) is 10.8. The Kier molecular flexibility index (Phi) is 4.14. The number of carboxylic acids is 1. The maximum atomic E-state index is 11.7. The molecule has 1 heterocycles. The highest BCUT2D eigenvalue weighted by atomic mass is 16.6. The van der Waals surface area contributed by atoms with Crippen LogP contribution in [0.1, 0.15) is 23.0 Å². The van der Waals surface area contributed by atoms with Crippen LogP contribution < -0.4 is 4.74 Å². The molecule has 0 radical (unpaired) electrons. The number of nitro groups is 1. The molecule has 0 amide bonds. The average molecular weight is 341 g/mol. The SMILES string of the molecule is CCc1oc2c(OC)ccc(C(=O)O)c2c1-c1ccc([N+](=O)[O-])cc1. The molecule has 0 aliphatic rings. The number of fused-ring (bicyclic) bond motifs is 1. The molecule has 0 saturated carbocycles. The molecule has 0 bridgehead atoms. The zero-order valence-electron chi connectivity index (χ0n) is 13.6. The highest BCUT2D eigenvalue weighted by Gasteiger charge is 2.24. The number of benzene rings is 2. The second-order valence-corrected chi connectivity index (χ2v) is 5.38. The highest BCUT2D eigenvalue weighted by Crippen LogP contribution is 2.41. The lowest BCUT2D eigenvalue weighted by Crippen LogP contribution is -1.98. The average Bonchev–Trinajstić information content (AvgIpc) is 3.00. The van der Waals surface area contributed by atoms with Gasteiger partial charge in [0, 0.05) is 29.5 Å². The molecule has 3 rings (SSSR count). The summed E-state index contributed by atoms with van der Waals surface area (Å²) in [5.74, 6) is -0.0574. The summed E-state index contributed by atoms with van der Waals surface area (Å²) < 4.78 is 11.2. The number of hydrogen-bond acceptors (Lipinski definition) is 5. The largest absolute Gasteiger partial charge is 0.493 e. The Labute approximate surface area is 142 Å². The smallest absolute Gasteiger partial charge is 0.336 e. The first-order valence-corrected chi connectivity index (χ1v) is 7.58. The molecule has 0 fully saturated rings. The lowest BCUT2D eigenvalue weighted by Gasteiger charge is -2.05. The number of rotatable bonds is 5. The Morgan fingerprint density at radius 3 is 2.44 bits per heavy atom. The number of furan rings is 1. The number of methoxy groups -OCH3 is 1. The van der Waals surface area contributed by atoms with Crippen molar-refractivity contribution < 1.29 is 24.0 Å². The summed E-state index contributed by atoms with van der Waals surface area (Å²) in [6.45, 7) is 1.89. The van der Waals surface area contributed by atoms with Crippen molar-refractivity contribution >= 4 is 22.6 Å². The van der Waals surface area contributed by atoms with Gasteiger partial charge in [0.05, 0.1) is 17.6 Å². The summed E-state index contributed by atoms with van der Waals surface area (Å²) in [6, 6.07) is 8.96. The Bertz CT molecular complexity index is 971. The van der Waals surface area contributed by atoms with E-state index in [2.05, 4.69) is 0 Å². The van der Waals surface area contributed by atoms with Crippen LogP contribution in [0, 0.1) is 10.1 Å². The predicted molar refractivity (Wildman–Crippen MR) is 91.2 cm³/mol. The Morgan fingerprint density at radius 1 is 1.24 bits per heavy atom. The van der Waals surface area contributed by atoms with Gasteiger partial charge >= 0.3 is 5.97 Å². The molecular formula is C18H15NO6. The topological polar surface area (TPSA) is 103 Å². The first kappa shape index (κ1) is 16.5. The van der Waals surface area contributed by atoms with Gasteiger partial charge in [0.1, 0.15) is 5.76 Å². The maximum absolute atomic E-state index is 11.7. The quantitative estimate of drug-likeness (QED) is 0.549. The molecule has 0 aliphatic carbocycles. The molecule has 1 N–H and O–H groups in total. The van der Waals surface area contributed by atoms with Gasteiger partial charge in [-0.15, -0.1) is 0 Å². The number of hydrogen-bond donors (Lipinski definition) is 1. The minimum Gasteiger partial charge on any atom is -0.493 e. The summed E-state index contributed by atoms with van der Waals surface area (Å²) in [5, 5.41) is 20.8. The molecule has 0 unspecified atom stereocenters. The van der Waals surface area contributed by atoms with E-state index >= 15 is 0 Å². The van der Waals surface area contributed by atoms with Crippen molar-refractivity contribution in [1.29, 1.82) is 0 Å². The molecule has 1 aromatic heterocycles. The standard InChI is InChI=1S/C18H15NO6/c1-3-13-15(10-4-6-11(7-5-10)19(22)23)16-12(18(20)21)8-9-14(24-2)17(16)25-13/h4-9H,3H2,1-2H3,(H,20,21). The second-order valence-electron chi connectivity index (χ2n) is 5.38. The van der Waals surface area contributed by atoms with Crippen LogP contribution in [-0.2, 0) is 6.42 Å². The van der Waals surface area contributed by atoms with Crippen molar-refractivity contribution in [2.75, 3.05) is 7.11 Å². The fourth-order valence-corrected chi connectivity index (χ4v) is 2.87. The van der Waals surface area contributed by atoms with Crippen molar-refractivity contribution in [2.45, 2.75) is 13.3 Å². The molecule has 0 atom stereocenters. The lowest BCUT2D eigenvalue weighted by atomic mass is 9.97. The molecule has 0 aliphatic heterocycles. The van der Waals surface area contributed by atoms with E-state index in [1.807, 2.05) is 6.92 Å². The number of aryl methyl sites for hydroxylation is 1. The van der Waals surface area contributed by atoms with E-state index in [4.69, 9.17) is 9.15 Å². The minimum atomic E-state index is -1.08. The van der Waals surface area contributed by atoms with Gasteiger partial charge in [-0.3, -0.25) is 10.1 Å². The van der Waals surface area contributed by atoms with E-state index in [0.717, 1.165) is 0 Å². The van der Waals surface area contributed by atoms with Crippen molar-refractivity contribution in [3.05, 3.63) is 57.8 Å². The summed E-state index contributed by atoms with van der Waals surface area (Å²) in [7, 11) is 1.48. The van der Waals surface area contributed by atoms with E-state index in [-0.39, 0.29) is 11.3 Å². The Balaban J connectivity index is 2.36. The van der Waals surface area contributed by atoms with Gasteiger partial charge in [0.15, 0.2) is 11.3 Å². The van der Waals surface area contributed by atoms with Crippen LogP contribution in [0.3, 0.4) is 0 Å². The zero-order valence-corrected chi connectivity index (χ0v) is 13.6. The summed E-state index contributed by atoms with van der Waals surface area (Å²) in [4.78, 5) is 22.0. The Hall–Kier alpha value is -3.35. The van der Waals surface area contributed by atoms with Crippen LogP contribution in [0.25, 0.3) is 22.1 Å². The van der Waals surface area contributed by atoms with Crippen molar-refractivity contribution in [3.8, 4) is 16.9 Å². The third kappa shape index (κ3) is 2.69. The number of ether oxygens (including phenoxy) is 1. The van der Waals surface area contributed by atoms with Gasteiger partial charge < -0.3 is 14.3 Å². The number of nitrogens with zero attached hydrogens (tertiary/aromatic N) is 1. The molecular weight excluding hydrogens is 326 g/mol. The van der Waals surface area contributed by atoms with Crippen LogP contribution in [0.4, 0.5) is 5.69 Å². The summed E-state index contributed by atoms with van der Waals surface area (Å²) in [5.41, 5.74) is 1.67. The second kappa shape index (κ2) is 6.27. The van der Waals surface area contributed by atoms with Gasteiger partial charge in [-0.2, -0.15) is 0 Å². The molecule has 25 heavy (non-hydrogen) atoms. The molecule has 2 aromatic carbocycles. The molecule has 3 aromatic rings. The third-order valence-corrected chi connectivity index (χ3v) is 4.01. The van der Waals surface area contributed by atoms with Gasteiger partial charge in [-0.1, -0.05) is 6.92 Å². The number of non-ortho nitro benzene ring substituents is 1. The van der Waals surface area contributed by atoms with Crippen LogP contribution in [0.15, 0.2) is 40.8 Å². The predicted octanol–water partition coefficient (Wildman–Crippen LogP) is 4.28. The number of nitro benzene ring substituents is 1. The highest BCUT2D eigenvalue weighted by molar-refractivity contribution is 6.11. The molecule has 0 saturated heterocycles.